The van der Waals surface area contributed by atoms with Crippen LogP contribution in [0.5, 0.6) is 17.2 Å². The Morgan fingerprint density at radius 2 is 1.74 bits per heavy atom. The Morgan fingerprint density at radius 1 is 0.974 bits per heavy atom. The Morgan fingerprint density at radius 3 is 2.42 bits per heavy atom. The number of aromatic nitrogens is 4. The van der Waals surface area contributed by atoms with Gasteiger partial charge in [-0.05, 0) is 38.1 Å². The van der Waals surface area contributed by atoms with Crippen LogP contribution in [-0.2, 0) is 4.79 Å². The number of nitrogens with zero attached hydrogens (tertiary/aromatic N) is 4. The number of fused-ring (bicyclic) bond motifs is 1. The highest BCUT2D eigenvalue weighted by molar-refractivity contribution is 6.06. The maximum atomic E-state index is 13.8. The molecule has 0 aliphatic carbocycles. The van der Waals surface area contributed by atoms with E-state index in [0.29, 0.717) is 51.5 Å². The SMILES string of the molecule is COc1cc(OC)c(C2C(C(=O)Nc3cccnc3)=C(C)Nc3nc(-c4cccc(C)c4)nn32)cc1OC. The summed E-state index contributed by atoms with van der Waals surface area (Å²) in [4.78, 5) is 22.6. The fourth-order valence-corrected chi connectivity index (χ4v) is 4.54. The largest absolute Gasteiger partial charge is 0.496 e. The second kappa shape index (κ2) is 10.3. The van der Waals surface area contributed by atoms with Gasteiger partial charge in [0.2, 0.25) is 5.95 Å². The molecule has 1 amide bonds. The molecule has 10 heteroatoms. The molecule has 1 aliphatic heterocycles. The van der Waals surface area contributed by atoms with E-state index in [2.05, 4.69) is 15.6 Å². The van der Waals surface area contributed by atoms with E-state index < -0.39 is 6.04 Å². The van der Waals surface area contributed by atoms with Crippen LogP contribution in [0.25, 0.3) is 11.4 Å². The van der Waals surface area contributed by atoms with E-state index in [1.165, 1.54) is 0 Å². The molecule has 5 rings (SSSR count). The highest BCUT2D eigenvalue weighted by atomic mass is 16.5. The molecule has 0 radical (unpaired) electrons. The van der Waals surface area contributed by atoms with Crippen LogP contribution in [-0.4, -0.2) is 47.0 Å². The minimum atomic E-state index is -0.691. The Balaban J connectivity index is 1.70. The maximum Gasteiger partial charge on any atom is 0.255 e. The zero-order valence-corrected chi connectivity index (χ0v) is 21.8. The average Bonchev–Trinajstić information content (AvgIpc) is 3.35. The predicted octanol–water partition coefficient (Wildman–Crippen LogP) is 4.60. The number of anilines is 2. The summed E-state index contributed by atoms with van der Waals surface area (Å²) in [5, 5.41) is 11.1. The van der Waals surface area contributed by atoms with Gasteiger partial charge < -0.3 is 24.8 Å². The topological polar surface area (TPSA) is 112 Å². The minimum Gasteiger partial charge on any atom is -0.496 e. The van der Waals surface area contributed by atoms with E-state index >= 15 is 0 Å². The first-order valence-electron chi connectivity index (χ1n) is 12.0. The summed E-state index contributed by atoms with van der Waals surface area (Å²) in [7, 11) is 4.69. The Labute approximate surface area is 220 Å². The number of carbonyl (C=O) groups is 1. The number of aryl methyl sites for hydroxylation is 1. The molecule has 194 valence electrons. The highest BCUT2D eigenvalue weighted by Crippen LogP contribution is 2.44. The lowest BCUT2D eigenvalue weighted by molar-refractivity contribution is -0.113. The number of methoxy groups -OCH3 is 3. The summed E-state index contributed by atoms with van der Waals surface area (Å²) in [6.45, 7) is 3.85. The number of carbonyl (C=O) groups excluding carboxylic acids is 1. The lowest BCUT2D eigenvalue weighted by atomic mass is 9.93. The van der Waals surface area contributed by atoms with Crippen molar-refractivity contribution in [3.8, 4) is 28.6 Å². The molecule has 0 bridgehead atoms. The van der Waals surface area contributed by atoms with Gasteiger partial charge in [0.05, 0.1) is 38.8 Å². The average molecular weight is 513 g/mol. The van der Waals surface area contributed by atoms with Crippen LogP contribution < -0.4 is 24.8 Å². The molecule has 1 atom stereocenters. The number of pyridine rings is 1. The molecule has 4 aromatic rings. The first kappa shape index (κ1) is 24.8. The zero-order valence-electron chi connectivity index (χ0n) is 21.8. The fourth-order valence-electron chi connectivity index (χ4n) is 4.54. The van der Waals surface area contributed by atoms with Gasteiger partial charge in [0.15, 0.2) is 17.3 Å². The van der Waals surface area contributed by atoms with Crippen molar-refractivity contribution in [3.63, 3.8) is 0 Å². The standard InChI is InChI=1S/C28H28N6O4/c1-16-8-6-9-18(12-16)26-32-28-30-17(2)24(27(35)31-19-10-7-11-29-15-19)25(34(28)33-26)20-13-22(37-4)23(38-5)14-21(20)36-3/h6-15,25H,1-5H3,(H,31,35)(H,30,32,33). The lowest BCUT2D eigenvalue weighted by Crippen LogP contribution is -2.31. The van der Waals surface area contributed by atoms with Crippen molar-refractivity contribution >= 4 is 17.5 Å². The molecular weight excluding hydrogens is 484 g/mol. The first-order chi connectivity index (χ1) is 18.4. The number of rotatable bonds is 7. The summed E-state index contributed by atoms with van der Waals surface area (Å²) in [5.41, 5.74) is 4.25. The van der Waals surface area contributed by atoms with Crippen molar-refractivity contribution in [2.45, 2.75) is 19.9 Å². The van der Waals surface area contributed by atoms with E-state index in [0.717, 1.165) is 11.1 Å². The van der Waals surface area contributed by atoms with Gasteiger partial charge >= 0.3 is 0 Å². The molecule has 1 aliphatic rings. The third-order valence-corrected chi connectivity index (χ3v) is 6.32. The summed E-state index contributed by atoms with van der Waals surface area (Å²) in [6, 6.07) is 14.3. The van der Waals surface area contributed by atoms with E-state index in [4.69, 9.17) is 24.3 Å². The van der Waals surface area contributed by atoms with E-state index in [9.17, 15) is 4.79 Å². The van der Waals surface area contributed by atoms with Crippen LogP contribution >= 0.6 is 0 Å². The van der Waals surface area contributed by atoms with Gasteiger partial charge in [-0.1, -0.05) is 23.8 Å². The third kappa shape index (κ3) is 4.52. The van der Waals surface area contributed by atoms with Crippen molar-refractivity contribution < 1.29 is 19.0 Å². The second-order valence-corrected chi connectivity index (χ2v) is 8.78. The number of nitrogens with one attached hydrogen (secondary N) is 2. The monoisotopic (exact) mass is 512 g/mol. The van der Waals surface area contributed by atoms with Crippen molar-refractivity contribution in [2.75, 3.05) is 32.0 Å². The van der Waals surface area contributed by atoms with Crippen LogP contribution in [0.1, 0.15) is 24.1 Å². The van der Waals surface area contributed by atoms with Crippen molar-refractivity contribution in [1.82, 2.24) is 19.7 Å². The summed E-state index contributed by atoms with van der Waals surface area (Å²) in [6.07, 6.45) is 3.24. The zero-order chi connectivity index (χ0) is 26.8. The van der Waals surface area contributed by atoms with Gasteiger partial charge in [-0.15, -0.1) is 5.10 Å². The number of allylic oxidation sites excluding steroid dienone is 1. The van der Waals surface area contributed by atoms with E-state index in [1.54, 1.807) is 62.7 Å². The van der Waals surface area contributed by atoms with Gasteiger partial charge in [0.1, 0.15) is 11.8 Å². The molecule has 0 spiro atoms. The molecule has 0 saturated heterocycles. The van der Waals surface area contributed by atoms with Crippen molar-refractivity contribution in [3.05, 3.63) is 83.3 Å². The predicted molar refractivity (Wildman–Crippen MR) is 144 cm³/mol. The normalized spacial score (nSPS) is 14.4. The van der Waals surface area contributed by atoms with Gasteiger partial charge in [-0.3, -0.25) is 9.78 Å². The molecule has 38 heavy (non-hydrogen) atoms. The summed E-state index contributed by atoms with van der Waals surface area (Å²) >= 11 is 0. The Kier molecular flexibility index (Phi) is 6.69. The molecule has 3 heterocycles. The minimum absolute atomic E-state index is 0.317. The summed E-state index contributed by atoms with van der Waals surface area (Å²) < 4.78 is 18.5. The molecule has 10 nitrogen and oxygen atoms in total. The van der Waals surface area contributed by atoms with Crippen LogP contribution in [0.4, 0.5) is 11.6 Å². The van der Waals surface area contributed by atoms with Crippen molar-refractivity contribution in [1.29, 1.82) is 0 Å². The van der Waals surface area contributed by atoms with E-state index in [1.807, 2.05) is 38.1 Å². The molecular formula is C28H28N6O4. The van der Waals surface area contributed by atoms with Crippen molar-refractivity contribution in [2.24, 2.45) is 0 Å². The molecule has 0 fully saturated rings. The Hall–Kier alpha value is -4.86. The first-order valence-corrected chi connectivity index (χ1v) is 12.0. The Bertz CT molecular complexity index is 1530. The third-order valence-electron chi connectivity index (χ3n) is 6.32. The smallest absolute Gasteiger partial charge is 0.255 e. The molecule has 0 saturated carbocycles. The quantitative estimate of drug-likeness (QED) is 0.369. The summed E-state index contributed by atoms with van der Waals surface area (Å²) in [5.74, 6) is 2.22. The van der Waals surface area contributed by atoms with Crippen LogP contribution in [0, 0.1) is 6.92 Å². The van der Waals surface area contributed by atoms with Gasteiger partial charge in [-0.2, -0.15) is 4.98 Å². The van der Waals surface area contributed by atoms with Crippen LogP contribution in [0.2, 0.25) is 0 Å². The molecule has 2 N–H and O–H groups in total. The second-order valence-electron chi connectivity index (χ2n) is 8.78. The van der Waals surface area contributed by atoms with Gasteiger partial charge in [0.25, 0.3) is 5.91 Å². The number of amides is 1. The maximum absolute atomic E-state index is 13.8. The van der Waals surface area contributed by atoms with Crippen LogP contribution in [0.3, 0.4) is 0 Å². The van der Waals surface area contributed by atoms with E-state index in [-0.39, 0.29) is 5.91 Å². The molecule has 2 aromatic heterocycles. The van der Waals surface area contributed by atoms with Gasteiger partial charge in [0, 0.05) is 29.1 Å². The highest BCUT2D eigenvalue weighted by Gasteiger charge is 2.37. The lowest BCUT2D eigenvalue weighted by Gasteiger charge is -2.30. The molecule has 2 aromatic carbocycles. The van der Waals surface area contributed by atoms with Gasteiger partial charge in [-0.25, -0.2) is 4.68 Å². The number of hydrogen-bond acceptors (Lipinski definition) is 8. The number of ether oxygens (including phenoxy) is 3. The number of benzene rings is 2. The number of hydrogen-bond donors (Lipinski definition) is 2. The van der Waals surface area contributed by atoms with Crippen LogP contribution in [0.15, 0.2) is 72.2 Å². The fraction of sp³-hybridized carbons (Fsp3) is 0.214. The molecule has 1 unspecified atom stereocenters.